The molecular formula is C14H18O5. The van der Waals surface area contributed by atoms with Crippen molar-refractivity contribution in [2.75, 3.05) is 7.11 Å². The van der Waals surface area contributed by atoms with Crippen LogP contribution in [-0.2, 0) is 23.9 Å². The fourth-order valence-electron chi connectivity index (χ4n) is 2.02. The number of allylic oxidation sites excluding steroid dienone is 2. The topological polar surface area (TPSA) is 69.7 Å². The van der Waals surface area contributed by atoms with E-state index >= 15 is 0 Å². The summed E-state index contributed by atoms with van der Waals surface area (Å²) in [7, 11) is 1.38. The van der Waals surface area contributed by atoms with E-state index in [1.54, 1.807) is 26.0 Å². The maximum atomic E-state index is 12.4. The van der Waals surface area contributed by atoms with Crippen LogP contribution in [0, 0.1) is 0 Å². The van der Waals surface area contributed by atoms with Crippen molar-refractivity contribution in [2.45, 2.75) is 39.2 Å². The van der Waals surface area contributed by atoms with Gasteiger partial charge in [-0.2, -0.15) is 0 Å². The van der Waals surface area contributed by atoms with Crippen molar-refractivity contribution >= 4 is 17.5 Å². The molecular weight excluding hydrogens is 248 g/mol. The molecule has 0 aromatic heterocycles. The van der Waals surface area contributed by atoms with Gasteiger partial charge in [0.1, 0.15) is 11.5 Å². The summed E-state index contributed by atoms with van der Waals surface area (Å²) >= 11 is 0. The average molecular weight is 266 g/mol. The second-order valence-corrected chi connectivity index (χ2v) is 4.40. The van der Waals surface area contributed by atoms with Crippen LogP contribution in [0.3, 0.4) is 0 Å². The van der Waals surface area contributed by atoms with Gasteiger partial charge in [0.25, 0.3) is 0 Å². The van der Waals surface area contributed by atoms with Gasteiger partial charge in [-0.25, -0.2) is 0 Å². The molecule has 0 fully saturated rings. The summed E-state index contributed by atoms with van der Waals surface area (Å²) in [5.41, 5.74) is -1.22. The van der Waals surface area contributed by atoms with Crippen molar-refractivity contribution in [3.63, 3.8) is 0 Å². The lowest BCUT2D eigenvalue weighted by Gasteiger charge is -2.34. The van der Waals surface area contributed by atoms with E-state index in [9.17, 15) is 14.4 Å². The number of carbonyl (C=O) groups is 3. The summed E-state index contributed by atoms with van der Waals surface area (Å²) in [5, 5.41) is 0. The number of esters is 1. The van der Waals surface area contributed by atoms with E-state index in [0.717, 1.165) is 0 Å². The monoisotopic (exact) mass is 266 g/mol. The summed E-state index contributed by atoms with van der Waals surface area (Å²) in [6, 6.07) is 0. The predicted octanol–water partition coefficient (Wildman–Crippen LogP) is 1.72. The van der Waals surface area contributed by atoms with E-state index in [1.165, 1.54) is 14.0 Å². The van der Waals surface area contributed by atoms with Crippen molar-refractivity contribution in [1.82, 2.24) is 0 Å². The van der Waals surface area contributed by atoms with Crippen LogP contribution < -0.4 is 0 Å². The lowest BCUT2D eigenvalue weighted by atomic mass is 9.82. The maximum absolute atomic E-state index is 12.4. The van der Waals surface area contributed by atoms with Crippen LogP contribution in [0.2, 0.25) is 0 Å². The fraction of sp³-hybridized carbons (Fsp3) is 0.500. The standard InChI is InChI=1S/C14H18O5/c1-5-11(16)8-14(19-10(3)15)12(18-4)7-6-9(2)13(14)17/h6-7H,5,8H2,1-4H3. The van der Waals surface area contributed by atoms with Gasteiger partial charge in [-0.1, -0.05) is 13.0 Å². The zero-order chi connectivity index (χ0) is 14.6. The van der Waals surface area contributed by atoms with Crippen LogP contribution in [0.4, 0.5) is 0 Å². The van der Waals surface area contributed by atoms with E-state index in [2.05, 4.69) is 0 Å². The molecule has 0 radical (unpaired) electrons. The number of hydrogen-bond acceptors (Lipinski definition) is 5. The summed E-state index contributed by atoms with van der Waals surface area (Å²) in [5.74, 6) is -1.04. The molecule has 0 aromatic carbocycles. The Balaban J connectivity index is 3.30. The van der Waals surface area contributed by atoms with Crippen molar-refractivity contribution in [3.8, 4) is 0 Å². The van der Waals surface area contributed by atoms with Gasteiger partial charge in [-0.3, -0.25) is 14.4 Å². The van der Waals surface area contributed by atoms with E-state index in [4.69, 9.17) is 9.47 Å². The Labute approximate surface area is 112 Å². The number of methoxy groups -OCH3 is 1. The maximum Gasteiger partial charge on any atom is 0.304 e. The van der Waals surface area contributed by atoms with Crippen LogP contribution in [0.5, 0.6) is 0 Å². The summed E-state index contributed by atoms with van der Waals surface area (Å²) in [4.78, 5) is 35.4. The minimum absolute atomic E-state index is 0.174. The Hall–Kier alpha value is -1.91. The first kappa shape index (κ1) is 15.1. The first-order chi connectivity index (χ1) is 8.87. The van der Waals surface area contributed by atoms with Crippen molar-refractivity contribution in [2.24, 2.45) is 0 Å². The number of ether oxygens (including phenoxy) is 2. The van der Waals surface area contributed by atoms with Crippen LogP contribution in [0.25, 0.3) is 0 Å². The molecule has 1 rings (SSSR count). The van der Waals surface area contributed by atoms with Crippen molar-refractivity contribution in [3.05, 3.63) is 23.5 Å². The summed E-state index contributed by atoms with van der Waals surface area (Å²) in [6.45, 7) is 4.50. The summed E-state index contributed by atoms with van der Waals surface area (Å²) in [6.07, 6.45) is 3.20. The van der Waals surface area contributed by atoms with Crippen molar-refractivity contribution in [1.29, 1.82) is 0 Å². The van der Waals surface area contributed by atoms with Crippen LogP contribution in [0.1, 0.15) is 33.6 Å². The Morgan fingerprint density at radius 2 is 1.95 bits per heavy atom. The first-order valence-corrected chi connectivity index (χ1v) is 6.06. The molecule has 5 nitrogen and oxygen atoms in total. The molecule has 1 aliphatic rings. The molecule has 0 aliphatic heterocycles. The molecule has 0 saturated heterocycles. The molecule has 0 amide bonds. The van der Waals surface area contributed by atoms with Gasteiger partial charge in [-0.05, 0) is 18.6 Å². The van der Waals surface area contributed by atoms with Gasteiger partial charge in [0.2, 0.25) is 11.4 Å². The van der Waals surface area contributed by atoms with Gasteiger partial charge in [0.05, 0.1) is 13.5 Å². The van der Waals surface area contributed by atoms with E-state index < -0.39 is 17.4 Å². The molecule has 0 aromatic rings. The highest BCUT2D eigenvalue weighted by atomic mass is 16.6. The largest absolute Gasteiger partial charge is 0.496 e. The Kier molecular flexibility index (Phi) is 4.64. The smallest absolute Gasteiger partial charge is 0.304 e. The SMILES string of the molecule is CCC(=O)CC1(OC(C)=O)C(=O)C(C)=CC=C1OC. The molecule has 0 heterocycles. The molecule has 0 N–H and O–H groups in total. The zero-order valence-electron chi connectivity index (χ0n) is 11.6. The summed E-state index contributed by atoms with van der Waals surface area (Å²) < 4.78 is 10.3. The highest BCUT2D eigenvalue weighted by Crippen LogP contribution is 2.34. The molecule has 5 heteroatoms. The van der Waals surface area contributed by atoms with Gasteiger partial charge >= 0.3 is 5.97 Å². The quantitative estimate of drug-likeness (QED) is 0.708. The van der Waals surface area contributed by atoms with Gasteiger partial charge < -0.3 is 9.47 Å². The molecule has 0 spiro atoms. The minimum Gasteiger partial charge on any atom is -0.496 e. The van der Waals surface area contributed by atoms with Crippen LogP contribution >= 0.6 is 0 Å². The average Bonchev–Trinajstić information content (AvgIpc) is 2.35. The molecule has 1 atom stereocenters. The normalized spacial score (nSPS) is 22.4. The second-order valence-electron chi connectivity index (χ2n) is 4.40. The second kappa shape index (κ2) is 5.82. The van der Waals surface area contributed by atoms with Crippen LogP contribution in [-0.4, -0.2) is 30.2 Å². The number of Topliss-reactive ketones (excluding diaryl/α,β-unsaturated/α-hetero) is 2. The third-order valence-electron chi connectivity index (χ3n) is 2.99. The minimum atomic E-state index is -1.65. The van der Waals surface area contributed by atoms with Gasteiger partial charge in [0.15, 0.2) is 0 Å². The third kappa shape index (κ3) is 2.92. The number of ketones is 2. The first-order valence-electron chi connectivity index (χ1n) is 6.06. The van der Waals surface area contributed by atoms with Crippen molar-refractivity contribution < 1.29 is 23.9 Å². The van der Waals surface area contributed by atoms with E-state index in [0.29, 0.717) is 5.57 Å². The molecule has 104 valence electrons. The molecule has 19 heavy (non-hydrogen) atoms. The number of rotatable bonds is 5. The third-order valence-corrected chi connectivity index (χ3v) is 2.99. The van der Waals surface area contributed by atoms with E-state index in [-0.39, 0.29) is 24.4 Å². The van der Waals surface area contributed by atoms with Gasteiger partial charge in [-0.15, -0.1) is 0 Å². The highest BCUT2D eigenvalue weighted by molar-refractivity contribution is 6.08. The zero-order valence-corrected chi connectivity index (χ0v) is 11.6. The highest BCUT2D eigenvalue weighted by Gasteiger charge is 2.49. The Morgan fingerprint density at radius 1 is 1.32 bits per heavy atom. The predicted molar refractivity (Wildman–Crippen MR) is 68.3 cm³/mol. The van der Waals surface area contributed by atoms with Gasteiger partial charge in [0, 0.05) is 13.3 Å². The van der Waals surface area contributed by atoms with E-state index in [1.807, 2.05) is 0 Å². The lowest BCUT2D eigenvalue weighted by molar-refractivity contribution is -0.165. The fourth-order valence-corrected chi connectivity index (χ4v) is 2.02. The molecule has 1 unspecified atom stereocenters. The number of hydrogen-bond donors (Lipinski definition) is 0. The molecule has 1 aliphatic carbocycles. The number of carbonyl (C=O) groups excluding carboxylic acids is 3. The van der Waals surface area contributed by atoms with Crippen LogP contribution in [0.15, 0.2) is 23.5 Å². The Bertz CT molecular complexity index is 472. The Morgan fingerprint density at radius 3 is 2.42 bits per heavy atom. The molecule has 0 bridgehead atoms. The molecule has 0 saturated carbocycles. The lowest BCUT2D eigenvalue weighted by Crippen LogP contribution is -2.48.